The number of hydrogen-bond donors (Lipinski definition) is 2. The lowest BCUT2D eigenvalue weighted by molar-refractivity contribution is 0.0843. The molecule has 3 rings (SSSR count). The van der Waals surface area contributed by atoms with Gasteiger partial charge in [-0.2, -0.15) is 5.10 Å². The number of fused-ring (bicyclic) bond motifs is 1. The first kappa shape index (κ1) is 17.3. The summed E-state index contributed by atoms with van der Waals surface area (Å²) in [4.78, 5) is 37.1. The highest BCUT2D eigenvalue weighted by Crippen LogP contribution is 2.13. The second-order valence-corrected chi connectivity index (χ2v) is 5.70. The van der Waals surface area contributed by atoms with Crippen molar-refractivity contribution in [2.75, 3.05) is 0 Å². The average Bonchev–Trinajstić information content (AvgIpc) is 2.69. The molecule has 0 atom stereocenters. The summed E-state index contributed by atoms with van der Waals surface area (Å²) in [7, 11) is 0. The Morgan fingerprint density at radius 3 is 2.23 bits per heavy atom. The van der Waals surface area contributed by atoms with Crippen LogP contribution in [0.5, 0.6) is 0 Å². The van der Waals surface area contributed by atoms with E-state index in [1.165, 1.54) is 4.68 Å². The van der Waals surface area contributed by atoms with Gasteiger partial charge < -0.3 is 0 Å². The first-order valence-corrected chi connectivity index (χ1v) is 8.27. The fraction of sp³-hybridized carbons (Fsp3) is 0.158. The topological polar surface area (TPSA) is 93.1 Å². The van der Waals surface area contributed by atoms with Gasteiger partial charge in [0.25, 0.3) is 17.4 Å². The molecule has 0 fully saturated rings. The monoisotopic (exact) mass is 350 g/mol. The van der Waals surface area contributed by atoms with E-state index in [2.05, 4.69) is 16.0 Å². The molecule has 0 saturated heterocycles. The Morgan fingerprint density at radius 2 is 1.54 bits per heavy atom. The summed E-state index contributed by atoms with van der Waals surface area (Å²) in [5, 5.41) is 5.04. The van der Waals surface area contributed by atoms with Crippen molar-refractivity contribution in [3.8, 4) is 0 Å². The third kappa shape index (κ3) is 3.46. The van der Waals surface area contributed by atoms with E-state index in [-0.39, 0.29) is 11.3 Å². The van der Waals surface area contributed by atoms with E-state index >= 15 is 0 Å². The summed E-state index contributed by atoms with van der Waals surface area (Å²) in [6, 6.07) is 15.3. The quantitative estimate of drug-likeness (QED) is 0.703. The minimum Gasteiger partial charge on any atom is -0.267 e. The Kier molecular flexibility index (Phi) is 5.07. The van der Waals surface area contributed by atoms with Gasteiger partial charge in [0.2, 0.25) is 0 Å². The van der Waals surface area contributed by atoms with E-state index in [1.807, 2.05) is 6.92 Å². The Bertz CT molecular complexity index is 1010. The maximum atomic E-state index is 12.6. The van der Waals surface area contributed by atoms with Crippen LogP contribution in [-0.2, 0) is 6.54 Å². The van der Waals surface area contributed by atoms with Crippen LogP contribution in [0.4, 0.5) is 0 Å². The molecule has 2 amide bonds. The Morgan fingerprint density at radius 1 is 0.923 bits per heavy atom. The largest absolute Gasteiger partial charge is 0.290 e. The minimum atomic E-state index is -0.588. The number of hydrazine groups is 1. The van der Waals surface area contributed by atoms with Gasteiger partial charge in [0, 0.05) is 17.5 Å². The molecule has 26 heavy (non-hydrogen) atoms. The summed E-state index contributed by atoms with van der Waals surface area (Å²) in [5.74, 6) is -1.03. The molecule has 2 N–H and O–H groups in total. The molecule has 2 aromatic carbocycles. The van der Waals surface area contributed by atoms with Crippen molar-refractivity contribution in [1.82, 2.24) is 20.6 Å². The van der Waals surface area contributed by atoms with Gasteiger partial charge >= 0.3 is 0 Å². The summed E-state index contributed by atoms with van der Waals surface area (Å²) in [6.45, 7) is 2.32. The minimum absolute atomic E-state index is 0.0852. The summed E-state index contributed by atoms with van der Waals surface area (Å²) >= 11 is 0. The van der Waals surface area contributed by atoms with Gasteiger partial charge in [-0.15, -0.1) is 0 Å². The Labute approximate surface area is 149 Å². The molecule has 0 aliphatic heterocycles. The van der Waals surface area contributed by atoms with Gasteiger partial charge in [-0.3, -0.25) is 25.2 Å². The second-order valence-electron chi connectivity index (χ2n) is 5.70. The van der Waals surface area contributed by atoms with Crippen molar-refractivity contribution >= 4 is 22.6 Å². The highest BCUT2D eigenvalue weighted by atomic mass is 16.2. The van der Waals surface area contributed by atoms with Gasteiger partial charge in [-0.1, -0.05) is 43.3 Å². The van der Waals surface area contributed by atoms with Crippen molar-refractivity contribution in [1.29, 1.82) is 0 Å². The molecule has 132 valence electrons. The van der Waals surface area contributed by atoms with E-state index in [9.17, 15) is 14.4 Å². The number of hydrogen-bond acceptors (Lipinski definition) is 4. The number of amides is 2. The molecule has 0 unspecified atom stereocenters. The van der Waals surface area contributed by atoms with Crippen molar-refractivity contribution in [2.45, 2.75) is 19.9 Å². The van der Waals surface area contributed by atoms with Gasteiger partial charge in [0.15, 0.2) is 5.69 Å². The van der Waals surface area contributed by atoms with Crippen molar-refractivity contribution in [3.63, 3.8) is 0 Å². The van der Waals surface area contributed by atoms with E-state index in [0.717, 1.165) is 0 Å². The highest BCUT2D eigenvalue weighted by molar-refractivity contribution is 6.06. The zero-order valence-corrected chi connectivity index (χ0v) is 14.2. The maximum absolute atomic E-state index is 12.6. The zero-order chi connectivity index (χ0) is 18.5. The molecule has 0 spiro atoms. The first-order chi connectivity index (χ1) is 12.6. The van der Waals surface area contributed by atoms with Crippen LogP contribution in [0.1, 0.15) is 34.2 Å². The SMILES string of the molecule is CCCn1nc(C(=O)NNC(=O)c2ccccc2)c2ccccc2c1=O. The number of aromatic nitrogens is 2. The van der Waals surface area contributed by atoms with Gasteiger partial charge in [-0.05, 0) is 24.6 Å². The van der Waals surface area contributed by atoms with Crippen LogP contribution < -0.4 is 16.4 Å². The molecular formula is C19H18N4O3. The van der Waals surface area contributed by atoms with Crippen LogP contribution in [-0.4, -0.2) is 21.6 Å². The lowest BCUT2D eigenvalue weighted by atomic mass is 10.1. The fourth-order valence-corrected chi connectivity index (χ4v) is 2.60. The highest BCUT2D eigenvalue weighted by Gasteiger charge is 2.17. The molecule has 1 heterocycles. The lowest BCUT2D eigenvalue weighted by Gasteiger charge is -2.11. The van der Waals surface area contributed by atoms with E-state index in [1.54, 1.807) is 54.6 Å². The van der Waals surface area contributed by atoms with Crippen molar-refractivity contribution < 1.29 is 9.59 Å². The van der Waals surface area contributed by atoms with Crippen LogP contribution in [0.2, 0.25) is 0 Å². The van der Waals surface area contributed by atoms with Crippen molar-refractivity contribution in [2.24, 2.45) is 0 Å². The molecule has 0 saturated carbocycles. The molecule has 0 aliphatic rings. The molecule has 7 nitrogen and oxygen atoms in total. The number of nitrogens with one attached hydrogen (secondary N) is 2. The molecular weight excluding hydrogens is 332 g/mol. The molecule has 1 aromatic heterocycles. The number of carbonyl (C=O) groups excluding carboxylic acids is 2. The molecule has 7 heteroatoms. The van der Waals surface area contributed by atoms with Gasteiger partial charge in [-0.25, -0.2) is 4.68 Å². The van der Waals surface area contributed by atoms with E-state index in [4.69, 9.17) is 0 Å². The molecule has 3 aromatic rings. The zero-order valence-electron chi connectivity index (χ0n) is 14.2. The van der Waals surface area contributed by atoms with Crippen LogP contribution in [0.15, 0.2) is 59.4 Å². The van der Waals surface area contributed by atoms with Crippen LogP contribution in [0.3, 0.4) is 0 Å². The average molecular weight is 350 g/mol. The van der Waals surface area contributed by atoms with Crippen molar-refractivity contribution in [3.05, 3.63) is 76.2 Å². The van der Waals surface area contributed by atoms with Gasteiger partial charge in [0.05, 0.1) is 5.39 Å². The standard InChI is InChI=1S/C19H18N4O3/c1-2-12-23-19(26)15-11-7-6-10-14(15)16(22-23)18(25)21-20-17(24)13-8-4-3-5-9-13/h3-11H,2,12H2,1H3,(H,20,24)(H,21,25). The van der Waals surface area contributed by atoms with Gasteiger partial charge in [0.1, 0.15) is 0 Å². The third-order valence-corrected chi connectivity index (χ3v) is 3.84. The Hall–Kier alpha value is -3.48. The predicted molar refractivity (Wildman–Crippen MR) is 97.7 cm³/mol. The third-order valence-electron chi connectivity index (χ3n) is 3.84. The smallest absolute Gasteiger partial charge is 0.267 e. The number of nitrogens with zero attached hydrogens (tertiary/aromatic N) is 2. The summed E-state index contributed by atoms with van der Waals surface area (Å²) in [6.07, 6.45) is 0.705. The normalized spacial score (nSPS) is 10.5. The molecule has 0 aliphatic carbocycles. The van der Waals surface area contributed by atoms with E-state index in [0.29, 0.717) is 29.3 Å². The fourth-order valence-electron chi connectivity index (χ4n) is 2.60. The molecule has 0 radical (unpaired) electrons. The summed E-state index contributed by atoms with van der Waals surface area (Å²) < 4.78 is 1.27. The van der Waals surface area contributed by atoms with Crippen LogP contribution >= 0.6 is 0 Å². The number of benzene rings is 2. The van der Waals surface area contributed by atoms with Crippen LogP contribution in [0.25, 0.3) is 10.8 Å². The maximum Gasteiger partial charge on any atom is 0.290 e. The molecule has 0 bridgehead atoms. The first-order valence-electron chi connectivity index (χ1n) is 8.27. The number of aryl methyl sites for hydroxylation is 1. The second kappa shape index (κ2) is 7.60. The predicted octanol–water partition coefficient (Wildman–Crippen LogP) is 1.88. The van der Waals surface area contributed by atoms with Crippen LogP contribution in [0, 0.1) is 0 Å². The Balaban J connectivity index is 1.89. The number of rotatable bonds is 4. The summed E-state index contributed by atoms with van der Waals surface area (Å²) in [5.41, 5.74) is 4.98. The van der Waals surface area contributed by atoms with E-state index < -0.39 is 11.8 Å². The lowest BCUT2D eigenvalue weighted by Crippen LogP contribution is -2.42. The number of carbonyl (C=O) groups is 2.